The highest BCUT2D eigenvalue weighted by Crippen LogP contribution is 2.17. The van der Waals surface area contributed by atoms with Crippen molar-refractivity contribution in [2.45, 2.75) is 34.6 Å². The van der Waals surface area contributed by atoms with Crippen molar-refractivity contribution in [2.75, 3.05) is 0 Å². The van der Waals surface area contributed by atoms with Gasteiger partial charge in [0.05, 0.1) is 5.41 Å². The highest BCUT2D eigenvalue weighted by atomic mass is 16.5. The third-order valence-corrected chi connectivity index (χ3v) is 1.67. The Hall–Kier alpha value is -1.31. The van der Waals surface area contributed by atoms with E-state index < -0.39 is 5.41 Å². The molecule has 0 bridgehead atoms. The molecule has 0 atom stereocenters. The van der Waals surface area contributed by atoms with E-state index in [1.54, 1.807) is 12.2 Å². The second kappa shape index (κ2) is 6.23. The van der Waals surface area contributed by atoms with Gasteiger partial charge in [-0.2, -0.15) is 0 Å². The molecule has 0 spiro atoms. The first-order valence-corrected chi connectivity index (χ1v) is 5.09. The van der Waals surface area contributed by atoms with Crippen LogP contribution >= 0.6 is 0 Å². The van der Waals surface area contributed by atoms with Crippen LogP contribution < -0.4 is 0 Å². The fourth-order valence-corrected chi connectivity index (χ4v) is 0.711. The number of allylic oxidation sites excluding steroid dienone is 5. The van der Waals surface area contributed by atoms with Crippen LogP contribution in [-0.4, -0.2) is 5.97 Å². The summed E-state index contributed by atoms with van der Waals surface area (Å²) in [5.74, 6) is 0.355. The van der Waals surface area contributed by atoms with Crippen LogP contribution in [0.1, 0.15) is 34.6 Å². The molecule has 0 aromatic rings. The van der Waals surface area contributed by atoms with Gasteiger partial charge in [0.15, 0.2) is 0 Å². The Labute approximate surface area is 92.3 Å². The first kappa shape index (κ1) is 13.7. The number of carbonyl (C=O) groups excluding carboxylic acids is 1. The van der Waals surface area contributed by atoms with E-state index in [0.29, 0.717) is 5.76 Å². The lowest BCUT2D eigenvalue weighted by molar-refractivity contribution is -0.147. The maximum atomic E-state index is 11.6. The molecule has 84 valence electrons. The summed E-state index contributed by atoms with van der Waals surface area (Å²) in [5.41, 5.74) is -0.470. The summed E-state index contributed by atoms with van der Waals surface area (Å²) in [7, 11) is 0. The minimum atomic E-state index is -0.470. The van der Waals surface area contributed by atoms with E-state index in [1.807, 2.05) is 52.8 Å². The van der Waals surface area contributed by atoms with Crippen LogP contribution in [0.25, 0.3) is 0 Å². The summed E-state index contributed by atoms with van der Waals surface area (Å²) < 4.78 is 5.21. The smallest absolute Gasteiger partial charge is 0.316 e. The minimum Gasteiger partial charge on any atom is -0.426 e. The van der Waals surface area contributed by atoms with E-state index in [9.17, 15) is 4.79 Å². The predicted molar refractivity (Wildman–Crippen MR) is 63.3 cm³/mol. The topological polar surface area (TPSA) is 26.3 Å². The van der Waals surface area contributed by atoms with Gasteiger partial charge in [0.1, 0.15) is 5.76 Å². The zero-order chi connectivity index (χ0) is 11.9. The van der Waals surface area contributed by atoms with E-state index >= 15 is 0 Å². The van der Waals surface area contributed by atoms with Gasteiger partial charge in [-0.05, 0) is 46.8 Å². The Kier molecular flexibility index (Phi) is 5.68. The Balaban J connectivity index is 4.44. The van der Waals surface area contributed by atoms with Crippen molar-refractivity contribution in [3.63, 3.8) is 0 Å². The number of ether oxygens (including phenoxy) is 1. The molecule has 0 unspecified atom stereocenters. The van der Waals surface area contributed by atoms with E-state index in [0.717, 1.165) is 0 Å². The third kappa shape index (κ3) is 5.89. The van der Waals surface area contributed by atoms with Crippen molar-refractivity contribution in [3.8, 4) is 0 Å². The molecular weight excluding hydrogens is 188 g/mol. The molecule has 0 saturated carbocycles. The van der Waals surface area contributed by atoms with Gasteiger partial charge in [-0.15, -0.1) is 0 Å². The molecule has 15 heavy (non-hydrogen) atoms. The number of rotatable bonds is 3. The van der Waals surface area contributed by atoms with Crippen LogP contribution in [0.15, 0.2) is 36.1 Å². The Morgan fingerprint density at radius 3 is 2.13 bits per heavy atom. The maximum Gasteiger partial charge on any atom is 0.316 e. The molecule has 0 aromatic heterocycles. The van der Waals surface area contributed by atoms with E-state index in [-0.39, 0.29) is 5.97 Å². The van der Waals surface area contributed by atoms with Crippen LogP contribution in [0, 0.1) is 5.41 Å². The molecule has 0 heterocycles. The zero-order valence-electron chi connectivity index (χ0n) is 10.2. The zero-order valence-corrected chi connectivity index (χ0v) is 10.2. The van der Waals surface area contributed by atoms with E-state index in [1.165, 1.54) is 0 Å². The predicted octanol–water partition coefficient (Wildman–Crippen LogP) is 3.61. The van der Waals surface area contributed by atoms with Gasteiger partial charge in [0.2, 0.25) is 0 Å². The summed E-state index contributed by atoms with van der Waals surface area (Å²) in [6, 6.07) is 0. The van der Waals surface area contributed by atoms with E-state index in [4.69, 9.17) is 4.74 Å². The highest BCUT2D eigenvalue weighted by molar-refractivity contribution is 5.76. The number of hydrogen-bond acceptors (Lipinski definition) is 2. The van der Waals surface area contributed by atoms with Crippen LogP contribution in [0.5, 0.6) is 0 Å². The minimum absolute atomic E-state index is 0.222. The Morgan fingerprint density at radius 2 is 1.73 bits per heavy atom. The largest absolute Gasteiger partial charge is 0.426 e. The number of carbonyl (C=O) groups is 1. The standard InChI is InChI=1S/C13H20O2/c1-6-8-9-10-11(7-2)15-12(14)13(3,4)5/h6-10H,1-5H3/b8-6-,10-9-,11-7+. The molecule has 2 nitrogen and oxygen atoms in total. The molecular formula is C13H20O2. The Bertz CT molecular complexity index is 288. The van der Waals surface area contributed by atoms with Crippen molar-refractivity contribution < 1.29 is 9.53 Å². The van der Waals surface area contributed by atoms with Crippen LogP contribution in [-0.2, 0) is 9.53 Å². The lowest BCUT2D eigenvalue weighted by Gasteiger charge is -2.16. The first-order valence-electron chi connectivity index (χ1n) is 5.09. The molecule has 0 aliphatic carbocycles. The summed E-state index contributed by atoms with van der Waals surface area (Å²) in [6.45, 7) is 9.26. The molecule has 2 heteroatoms. The maximum absolute atomic E-state index is 11.6. The molecule has 0 fully saturated rings. The number of esters is 1. The van der Waals surface area contributed by atoms with Gasteiger partial charge in [-0.1, -0.05) is 18.2 Å². The summed E-state index contributed by atoms with van der Waals surface area (Å²) in [6.07, 6.45) is 9.17. The summed E-state index contributed by atoms with van der Waals surface area (Å²) in [5, 5.41) is 0. The third-order valence-electron chi connectivity index (χ3n) is 1.67. The van der Waals surface area contributed by atoms with Crippen molar-refractivity contribution in [2.24, 2.45) is 5.41 Å². The second-order valence-corrected chi connectivity index (χ2v) is 4.22. The fraction of sp³-hybridized carbons (Fsp3) is 0.462. The van der Waals surface area contributed by atoms with Crippen molar-refractivity contribution >= 4 is 5.97 Å². The van der Waals surface area contributed by atoms with Crippen molar-refractivity contribution in [1.82, 2.24) is 0 Å². The van der Waals surface area contributed by atoms with E-state index in [2.05, 4.69) is 0 Å². The van der Waals surface area contributed by atoms with Crippen LogP contribution in [0.2, 0.25) is 0 Å². The van der Waals surface area contributed by atoms with Crippen molar-refractivity contribution in [3.05, 3.63) is 36.1 Å². The van der Waals surface area contributed by atoms with Gasteiger partial charge < -0.3 is 4.74 Å². The molecule has 0 aliphatic heterocycles. The average molecular weight is 208 g/mol. The quantitative estimate of drug-likeness (QED) is 0.402. The first-order chi connectivity index (χ1) is 6.91. The van der Waals surface area contributed by atoms with Crippen LogP contribution in [0.4, 0.5) is 0 Å². The molecule has 0 radical (unpaired) electrons. The van der Waals surface area contributed by atoms with Gasteiger partial charge in [0.25, 0.3) is 0 Å². The monoisotopic (exact) mass is 208 g/mol. The molecule has 0 N–H and O–H groups in total. The van der Waals surface area contributed by atoms with Gasteiger partial charge >= 0.3 is 5.97 Å². The van der Waals surface area contributed by atoms with Gasteiger partial charge in [-0.3, -0.25) is 4.79 Å². The highest BCUT2D eigenvalue weighted by Gasteiger charge is 2.23. The molecule has 0 amide bonds. The van der Waals surface area contributed by atoms with Gasteiger partial charge in [0, 0.05) is 0 Å². The second-order valence-electron chi connectivity index (χ2n) is 4.22. The molecule has 0 aliphatic rings. The lowest BCUT2D eigenvalue weighted by atomic mass is 9.97. The average Bonchev–Trinajstić information content (AvgIpc) is 2.14. The SMILES string of the molecule is C\C=C/C=C\C(=C/C)OC(=O)C(C)(C)C. The summed E-state index contributed by atoms with van der Waals surface area (Å²) in [4.78, 5) is 11.6. The molecule has 0 aromatic carbocycles. The Morgan fingerprint density at radius 1 is 1.13 bits per heavy atom. The molecule has 0 saturated heterocycles. The summed E-state index contributed by atoms with van der Waals surface area (Å²) >= 11 is 0. The number of hydrogen-bond donors (Lipinski definition) is 0. The van der Waals surface area contributed by atoms with Crippen LogP contribution in [0.3, 0.4) is 0 Å². The normalized spacial score (nSPS) is 13.8. The molecule has 0 rings (SSSR count). The van der Waals surface area contributed by atoms with Gasteiger partial charge in [-0.25, -0.2) is 0 Å². The lowest BCUT2D eigenvalue weighted by Crippen LogP contribution is -2.22. The fourth-order valence-electron chi connectivity index (χ4n) is 0.711. The van der Waals surface area contributed by atoms with Crippen molar-refractivity contribution in [1.29, 1.82) is 0 Å².